The first-order valence-electron chi connectivity index (χ1n) is 12.5. The van der Waals surface area contributed by atoms with Gasteiger partial charge in [-0.1, -0.05) is 30.3 Å². The SMILES string of the molecule is CCNC(=O)C(CCc1ccccc1)NC1CCC(=O)N2CCCC(C(=O)OC(C)(C)C)N2C1=O. The predicted octanol–water partition coefficient (Wildman–Crippen LogP) is 1.95. The van der Waals surface area contributed by atoms with Crippen molar-refractivity contribution in [3.8, 4) is 0 Å². The molecule has 0 radical (unpaired) electrons. The van der Waals surface area contributed by atoms with Crippen LogP contribution in [-0.4, -0.2) is 70.5 Å². The molecule has 2 aliphatic heterocycles. The fraction of sp³-hybridized carbons (Fsp3) is 0.615. The molecular weight excluding hydrogens is 448 g/mol. The Balaban J connectivity index is 1.81. The van der Waals surface area contributed by atoms with Crippen molar-refractivity contribution in [2.45, 2.75) is 89.9 Å². The number of hydrazine groups is 1. The topological polar surface area (TPSA) is 108 Å². The summed E-state index contributed by atoms with van der Waals surface area (Å²) in [7, 11) is 0. The van der Waals surface area contributed by atoms with Gasteiger partial charge in [0.25, 0.3) is 5.91 Å². The number of nitrogens with zero attached hydrogens (tertiary/aromatic N) is 2. The van der Waals surface area contributed by atoms with Gasteiger partial charge in [0.1, 0.15) is 5.60 Å². The maximum absolute atomic E-state index is 13.7. The molecule has 35 heavy (non-hydrogen) atoms. The van der Waals surface area contributed by atoms with E-state index in [1.54, 1.807) is 20.8 Å². The summed E-state index contributed by atoms with van der Waals surface area (Å²) in [5, 5.41) is 8.75. The Morgan fingerprint density at radius 2 is 1.86 bits per heavy atom. The monoisotopic (exact) mass is 486 g/mol. The van der Waals surface area contributed by atoms with E-state index >= 15 is 0 Å². The lowest BCUT2D eigenvalue weighted by molar-refractivity contribution is -0.188. The number of carbonyl (C=O) groups is 4. The van der Waals surface area contributed by atoms with Gasteiger partial charge in [-0.2, -0.15) is 0 Å². The maximum Gasteiger partial charge on any atom is 0.331 e. The lowest BCUT2D eigenvalue weighted by Gasteiger charge is -2.43. The number of hydrogen-bond acceptors (Lipinski definition) is 6. The van der Waals surface area contributed by atoms with Gasteiger partial charge in [-0.15, -0.1) is 0 Å². The lowest BCUT2D eigenvalue weighted by atomic mass is 10.0. The van der Waals surface area contributed by atoms with Gasteiger partial charge in [0.2, 0.25) is 11.8 Å². The molecule has 2 heterocycles. The molecule has 2 aliphatic rings. The summed E-state index contributed by atoms with van der Waals surface area (Å²) in [6.07, 6.45) is 2.59. The summed E-state index contributed by atoms with van der Waals surface area (Å²) in [6, 6.07) is 7.59. The number of nitrogens with one attached hydrogen (secondary N) is 2. The van der Waals surface area contributed by atoms with Crippen molar-refractivity contribution in [2.24, 2.45) is 0 Å². The van der Waals surface area contributed by atoms with Gasteiger partial charge in [0.15, 0.2) is 6.04 Å². The number of fused-ring (bicyclic) bond motifs is 1. The molecule has 0 aliphatic carbocycles. The Morgan fingerprint density at radius 3 is 2.51 bits per heavy atom. The van der Waals surface area contributed by atoms with E-state index in [1.807, 2.05) is 37.3 Å². The molecule has 3 amide bonds. The maximum atomic E-state index is 13.7. The third-order valence-corrected chi connectivity index (χ3v) is 6.17. The van der Waals surface area contributed by atoms with Crippen LogP contribution in [0.1, 0.15) is 65.4 Å². The first-order valence-corrected chi connectivity index (χ1v) is 12.5. The molecule has 192 valence electrons. The van der Waals surface area contributed by atoms with E-state index in [9.17, 15) is 19.2 Å². The average molecular weight is 487 g/mol. The molecule has 1 aromatic carbocycles. The summed E-state index contributed by atoms with van der Waals surface area (Å²) in [5.74, 6) is -1.28. The molecule has 3 unspecified atom stereocenters. The van der Waals surface area contributed by atoms with E-state index in [0.29, 0.717) is 38.8 Å². The van der Waals surface area contributed by atoms with Crippen LogP contribution in [0, 0.1) is 0 Å². The fourth-order valence-electron chi connectivity index (χ4n) is 4.56. The largest absolute Gasteiger partial charge is 0.458 e. The zero-order valence-corrected chi connectivity index (χ0v) is 21.2. The van der Waals surface area contributed by atoms with Crippen LogP contribution in [0.4, 0.5) is 0 Å². The Labute approximate surface area is 207 Å². The van der Waals surface area contributed by atoms with E-state index in [1.165, 1.54) is 10.0 Å². The van der Waals surface area contributed by atoms with Crippen LogP contribution in [0.25, 0.3) is 0 Å². The molecule has 3 rings (SSSR count). The van der Waals surface area contributed by atoms with E-state index in [0.717, 1.165) is 5.56 Å². The number of carbonyl (C=O) groups excluding carboxylic acids is 4. The third kappa shape index (κ3) is 7.04. The first-order chi connectivity index (χ1) is 16.6. The van der Waals surface area contributed by atoms with Crippen LogP contribution in [0.2, 0.25) is 0 Å². The number of rotatable bonds is 8. The second kappa shape index (κ2) is 11.7. The normalized spacial score (nSPS) is 21.7. The van der Waals surface area contributed by atoms with Crippen molar-refractivity contribution in [3.05, 3.63) is 35.9 Å². The minimum absolute atomic E-state index is 0.155. The van der Waals surface area contributed by atoms with Crippen molar-refractivity contribution in [1.29, 1.82) is 0 Å². The Bertz CT molecular complexity index is 914. The van der Waals surface area contributed by atoms with Gasteiger partial charge < -0.3 is 10.1 Å². The summed E-state index contributed by atoms with van der Waals surface area (Å²) in [6.45, 7) is 8.02. The number of ether oxygens (including phenoxy) is 1. The van der Waals surface area contributed by atoms with Gasteiger partial charge >= 0.3 is 5.97 Å². The van der Waals surface area contributed by atoms with Crippen molar-refractivity contribution in [2.75, 3.05) is 13.1 Å². The molecule has 2 saturated heterocycles. The molecule has 0 aromatic heterocycles. The van der Waals surface area contributed by atoms with Crippen LogP contribution in [0.5, 0.6) is 0 Å². The Hall–Kier alpha value is -2.94. The van der Waals surface area contributed by atoms with Crippen molar-refractivity contribution in [1.82, 2.24) is 20.7 Å². The van der Waals surface area contributed by atoms with E-state index in [4.69, 9.17) is 4.74 Å². The smallest absolute Gasteiger partial charge is 0.331 e. The molecule has 9 nitrogen and oxygen atoms in total. The predicted molar refractivity (Wildman–Crippen MR) is 131 cm³/mol. The molecule has 0 bridgehead atoms. The van der Waals surface area contributed by atoms with Crippen molar-refractivity contribution >= 4 is 23.7 Å². The molecule has 1 aromatic rings. The lowest BCUT2D eigenvalue weighted by Crippen LogP contribution is -2.63. The zero-order valence-electron chi connectivity index (χ0n) is 21.2. The molecule has 2 N–H and O–H groups in total. The second-order valence-corrected chi connectivity index (χ2v) is 10.1. The zero-order chi connectivity index (χ0) is 25.6. The van der Waals surface area contributed by atoms with Crippen LogP contribution >= 0.6 is 0 Å². The van der Waals surface area contributed by atoms with E-state index in [-0.39, 0.29) is 30.6 Å². The second-order valence-electron chi connectivity index (χ2n) is 10.1. The number of esters is 1. The average Bonchev–Trinajstić information content (AvgIpc) is 2.93. The molecule has 0 saturated carbocycles. The van der Waals surface area contributed by atoms with Crippen molar-refractivity contribution < 1.29 is 23.9 Å². The molecule has 3 atom stereocenters. The quantitative estimate of drug-likeness (QED) is 0.544. The van der Waals surface area contributed by atoms with E-state index in [2.05, 4.69) is 10.6 Å². The molecule has 2 fully saturated rings. The van der Waals surface area contributed by atoms with Gasteiger partial charge in [-0.3, -0.25) is 24.7 Å². The third-order valence-electron chi connectivity index (χ3n) is 6.17. The Morgan fingerprint density at radius 1 is 1.14 bits per heavy atom. The molecule has 0 spiro atoms. The van der Waals surface area contributed by atoms with Crippen LogP contribution in [0.15, 0.2) is 30.3 Å². The number of hydrogen-bond donors (Lipinski definition) is 2. The minimum atomic E-state index is -0.867. The van der Waals surface area contributed by atoms with Crippen LogP contribution < -0.4 is 10.6 Å². The number of aryl methyl sites for hydroxylation is 1. The summed E-state index contributed by atoms with van der Waals surface area (Å²) < 4.78 is 5.57. The summed E-state index contributed by atoms with van der Waals surface area (Å²) >= 11 is 0. The van der Waals surface area contributed by atoms with Crippen LogP contribution in [-0.2, 0) is 30.3 Å². The van der Waals surface area contributed by atoms with E-state index < -0.39 is 29.7 Å². The first kappa shape index (κ1) is 26.7. The Kier molecular flexibility index (Phi) is 8.88. The fourth-order valence-corrected chi connectivity index (χ4v) is 4.56. The number of likely N-dealkylation sites (N-methyl/N-ethyl adjacent to an activating group) is 1. The van der Waals surface area contributed by atoms with Gasteiger partial charge in [-0.25, -0.2) is 9.80 Å². The van der Waals surface area contributed by atoms with Gasteiger partial charge in [-0.05, 0) is 65.4 Å². The minimum Gasteiger partial charge on any atom is -0.458 e. The summed E-state index contributed by atoms with van der Waals surface area (Å²) in [5.41, 5.74) is 0.384. The standard InChI is InChI=1S/C26H38N4O5/c1-5-27-23(32)19(14-13-18-10-7-6-8-11-18)28-20-15-16-22(31)29-17-9-12-21(30(29)24(20)33)25(34)35-26(2,3)4/h6-8,10-11,19-21,28H,5,9,12-17H2,1-4H3,(H,27,32). The summed E-state index contributed by atoms with van der Waals surface area (Å²) in [4.78, 5) is 52.5. The highest BCUT2D eigenvalue weighted by atomic mass is 16.6. The van der Waals surface area contributed by atoms with Gasteiger partial charge in [0.05, 0.1) is 12.1 Å². The highest BCUT2D eigenvalue weighted by Gasteiger charge is 2.46. The molecule has 9 heteroatoms. The van der Waals surface area contributed by atoms with Crippen LogP contribution in [0.3, 0.4) is 0 Å². The van der Waals surface area contributed by atoms with Gasteiger partial charge in [0, 0.05) is 19.5 Å². The highest BCUT2D eigenvalue weighted by molar-refractivity contribution is 5.93. The highest BCUT2D eigenvalue weighted by Crippen LogP contribution is 2.27. The molecular formula is C26H38N4O5. The number of amides is 3. The number of benzene rings is 1. The van der Waals surface area contributed by atoms with Crippen molar-refractivity contribution in [3.63, 3.8) is 0 Å².